The lowest BCUT2D eigenvalue weighted by Crippen LogP contribution is -2.41. The summed E-state index contributed by atoms with van der Waals surface area (Å²) in [5, 5.41) is 27.9. The molecule has 0 heterocycles. The highest BCUT2D eigenvalue weighted by molar-refractivity contribution is 6.32. The molecule has 1 unspecified atom stereocenters. The van der Waals surface area contributed by atoms with E-state index in [2.05, 4.69) is 23.6 Å². The molecule has 6 N–H and O–H groups in total. The Morgan fingerprint density at radius 3 is 1.50 bits per heavy atom. The number of nitro groups is 1. The Morgan fingerprint density at radius 2 is 1.07 bits per heavy atom. The van der Waals surface area contributed by atoms with E-state index in [4.69, 9.17) is 39.9 Å². The highest BCUT2D eigenvalue weighted by Gasteiger charge is 2.32. The average molecular weight is 956 g/mol. The van der Waals surface area contributed by atoms with Crippen molar-refractivity contribution in [3.05, 3.63) is 185 Å². The number of nitrogens with zero attached hydrogens (tertiary/aromatic N) is 4. The number of hydrogen-bond acceptors (Lipinski definition) is 7. The number of carbonyl (C=O) groups excluding carboxylic acids is 2. The first kappa shape index (κ1) is 51.9. The molecule has 0 saturated carbocycles. The number of hydrogen-bond donors (Lipinski definition) is 4. The van der Waals surface area contributed by atoms with Gasteiger partial charge in [0.15, 0.2) is 0 Å². The van der Waals surface area contributed by atoms with E-state index in [1.54, 1.807) is 53.4 Å². The van der Waals surface area contributed by atoms with Crippen LogP contribution in [0, 0.1) is 21.4 Å². The summed E-state index contributed by atoms with van der Waals surface area (Å²) < 4.78 is 0. The predicted octanol–water partition coefficient (Wildman–Crippen LogP) is 13.4. The molecule has 6 aromatic rings. The van der Waals surface area contributed by atoms with Crippen molar-refractivity contribution < 1.29 is 14.5 Å². The molecule has 68 heavy (non-hydrogen) atoms. The molecule has 1 atom stereocenters. The van der Waals surface area contributed by atoms with Crippen LogP contribution >= 0.6 is 23.2 Å². The molecule has 14 heteroatoms. The van der Waals surface area contributed by atoms with Crippen LogP contribution in [0.1, 0.15) is 97.7 Å². The monoisotopic (exact) mass is 954 g/mol. The van der Waals surface area contributed by atoms with Gasteiger partial charge in [-0.25, -0.2) is 9.59 Å². The second-order valence-electron chi connectivity index (χ2n) is 16.1. The fourth-order valence-electron chi connectivity index (χ4n) is 8.15. The number of rotatable bonds is 16. The summed E-state index contributed by atoms with van der Waals surface area (Å²) >= 11 is 12.9. The lowest BCUT2D eigenvalue weighted by atomic mass is 10.0. The molecule has 0 aromatic heterocycles. The van der Waals surface area contributed by atoms with E-state index in [-0.39, 0.29) is 6.03 Å². The smallest absolute Gasteiger partial charge is 0.327 e. The highest BCUT2D eigenvalue weighted by atomic mass is 35.5. The van der Waals surface area contributed by atoms with Gasteiger partial charge >= 0.3 is 12.1 Å². The predicted molar refractivity (Wildman–Crippen MR) is 280 cm³/mol. The molecule has 0 radical (unpaired) electrons. The Morgan fingerprint density at radius 1 is 0.632 bits per heavy atom. The van der Waals surface area contributed by atoms with Gasteiger partial charge in [-0.3, -0.25) is 19.9 Å². The standard InChI is InChI=1S/C27H31ClN4O3.C27H29ClN4O/c1-4-18-12-14-20(15-13-18)32(25(17-31(34)35)19-10-8-7-9-11-19)27(33)30-26-21(5-2)23(28)16-24(29)22(26)6-3;1-4-18-11-13-21(14-12-18)32(17-20-9-7-19(16-29)8-10-20)27(33)31-26-22(5-2)24(28)15-25(30)23(26)6-3/h7-16,25H,4-6,17,29H2,1-3H3,(H,30,33);7-15H,4-6,17,30H2,1-3H3,(H,31,33). The maximum absolute atomic E-state index is 13.9. The Labute approximate surface area is 410 Å². The van der Waals surface area contributed by atoms with Gasteiger partial charge in [0.1, 0.15) is 6.04 Å². The van der Waals surface area contributed by atoms with Gasteiger partial charge in [-0.05, 0) is 132 Å². The van der Waals surface area contributed by atoms with Crippen LogP contribution in [0.25, 0.3) is 0 Å². The van der Waals surface area contributed by atoms with Crippen LogP contribution < -0.4 is 31.9 Å². The number of anilines is 6. The SMILES string of the molecule is CCc1ccc(N(C(=O)Nc2c(CC)c(N)cc(Cl)c2CC)C(C[N+](=O)[O-])c2ccccc2)cc1.CCc1ccc(N(Cc2ccc(C#N)cc2)C(=O)Nc2c(CC)c(N)cc(Cl)c2CC)cc1. The topological polar surface area (TPSA) is 184 Å². The number of nitrogens with one attached hydrogen (secondary N) is 2. The van der Waals surface area contributed by atoms with Gasteiger partial charge in [-0.1, -0.05) is 131 Å². The van der Waals surface area contributed by atoms with Gasteiger partial charge in [-0.2, -0.15) is 5.26 Å². The molecule has 0 saturated heterocycles. The fourth-order valence-corrected chi connectivity index (χ4v) is 8.84. The number of nitrogen functional groups attached to an aromatic ring is 2. The summed E-state index contributed by atoms with van der Waals surface area (Å²) in [6, 6.07) is 35.7. The van der Waals surface area contributed by atoms with Crippen molar-refractivity contribution in [3.63, 3.8) is 0 Å². The molecule has 4 amide bonds. The van der Waals surface area contributed by atoms with Crippen LogP contribution in [0.2, 0.25) is 10.0 Å². The maximum atomic E-state index is 13.9. The molecular weight excluding hydrogens is 896 g/mol. The minimum atomic E-state index is -0.828. The Balaban J connectivity index is 0.000000255. The van der Waals surface area contributed by atoms with Crippen LogP contribution in [0.15, 0.2) is 115 Å². The lowest BCUT2D eigenvalue weighted by molar-refractivity contribution is -0.483. The molecule has 0 spiro atoms. The van der Waals surface area contributed by atoms with Gasteiger partial charge in [0.25, 0.3) is 0 Å². The summed E-state index contributed by atoms with van der Waals surface area (Å²) in [6.45, 7) is 12.0. The van der Waals surface area contributed by atoms with E-state index in [1.165, 1.54) is 10.5 Å². The number of aryl methyl sites for hydroxylation is 2. The molecule has 0 aliphatic rings. The minimum Gasteiger partial charge on any atom is -0.398 e. The first-order chi connectivity index (χ1) is 32.7. The number of amides is 4. The van der Waals surface area contributed by atoms with Crippen molar-refractivity contribution >= 4 is 69.4 Å². The normalized spacial score (nSPS) is 11.1. The molecule has 354 valence electrons. The third-order valence-corrected chi connectivity index (χ3v) is 12.6. The molecule has 0 aliphatic carbocycles. The number of benzene rings is 6. The van der Waals surface area contributed by atoms with Crippen LogP contribution in [-0.4, -0.2) is 23.5 Å². The Hall–Kier alpha value is -7.07. The van der Waals surface area contributed by atoms with E-state index in [1.807, 2.05) is 101 Å². The lowest BCUT2D eigenvalue weighted by Gasteiger charge is -2.31. The molecule has 6 rings (SSSR count). The van der Waals surface area contributed by atoms with Gasteiger partial charge in [0, 0.05) is 37.7 Å². The van der Waals surface area contributed by atoms with Gasteiger partial charge < -0.3 is 22.1 Å². The molecule has 6 aromatic carbocycles. The first-order valence-electron chi connectivity index (χ1n) is 22.9. The molecule has 0 aliphatic heterocycles. The van der Waals surface area contributed by atoms with Gasteiger partial charge in [-0.15, -0.1) is 0 Å². The number of nitriles is 1. The fraction of sp³-hybridized carbons (Fsp3) is 0.278. The third-order valence-electron chi connectivity index (χ3n) is 11.9. The Kier molecular flexibility index (Phi) is 18.8. The summed E-state index contributed by atoms with van der Waals surface area (Å²) in [5.41, 5.74) is 23.9. The number of urea groups is 2. The van der Waals surface area contributed by atoms with E-state index >= 15 is 0 Å². The van der Waals surface area contributed by atoms with E-state index in [0.717, 1.165) is 51.9 Å². The van der Waals surface area contributed by atoms with Crippen molar-refractivity contribution in [2.45, 2.75) is 92.7 Å². The van der Waals surface area contributed by atoms with Crippen LogP contribution in [0.5, 0.6) is 0 Å². The zero-order valence-electron chi connectivity index (χ0n) is 39.5. The van der Waals surface area contributed by atoms with Crippen molar-refractivity contribution in [2.75, 3.05) is 38.4 Å². The van der Waals surface area contributed by atoms with E-state index in [9.17, 15) is 19.7 Å². The second-order valence-corrected chi connectivity index (χ2v) is 16.9. The third kappa shape index (κ3) is 12.7. The summed E-state index contributed by atoms with van der Waals surface area (Å²) in [4.78, 5) is 42.0. The molecule has 0 bridgehead atoms. The average Bonchev–Trinajstić information content (AvgIpc) is 3.34. The zero-order valence-corrected chi connectivity index (χ0v) is 41.0. The highest BCUT2D eigenvalue weighted by Crippen LogP contribution is 2.37. The van der Waals surface area contributed by atoms with E-state index in [0.29, 0.717) is 81.8 Å². The first-order valence-corrected chi connectivity index (χ1v) is 23.7. The number of nitrogens with two attached hydrogens (primary N) is 2. The minimum absolute atomic E-state index is 0.269. The van der Waals surface area contributed by atoms with E-state index < -0.39 is 23.5 Å². The summed E-state index contributed by atoms with van der Waals surface area (Å²) in [7, 11) is 0. The second kappa shape index (κ2) is 24.6. The Bertz CT molecular complexity index is 2670. The van der Waals surface area contributed by atoms with Gasteiger partial charge in [0.05, 0.1) is 29.6 Å². The maximum Gasteiger partial charge on any atom is 0.327 e. The molecule has 0 fully saturated rings. The zero-order chi connectivity index (χ0) is 49.5. The van der Waals surface area contributed by atoms with Crippen molar-refractivity contribution in [1.29, 1.82) is 5.26 Å². The largest absolute Gasteiger partial charge is 0.398 e. The van der Waals surface area contributed by atoms with Crippen LogP contribution in [0.3, 0.4) is 0 Å². The molecule has 12 nitrogen and oxygen atoms in total. The summed E-state index contributed by atoms with van der Waals surface area (Å²) in [5.74, 6) is 0. The van der Waals surface area contributed by atoms with Gasteiger partial charge in [0.2, 0.25) is 6.54 Å². The van der Waals surface area contributed by atoms with Crippen LogP contribution in [0.4, 0.5) is 43.7 Å². The number of carbonyl (C=O) groups is 2. The molecular formula is C54H60Cl2N8O4. The van der Waals surface area contributed by atoms with Crippen molar-refractivity contribution in [1.82, 2.24) is 0 Å². The quantitative estimate of drug-likeness (QED) is 0.0422. The van der Waals surface area contributed by atoms with Crippen molar-refractivity contribution in [3.8, 4) is 6.07 Å². The van der Waals surface area contributed by atoms with Crippen LogP contribution in [-0.2, 0) is 45.1 Å². The number of halogens is 2. The van der Waals surface area contributed by atoms with Crippen molar-refractivity contribution in [2.24, 2.45) is 0 Å². The summed E-state index contributed by atoms with van der Waals surface area (Å²) in [6.07, 6.45) is 4.28.